The van der Waals surface area contributed by atoms with Gasteiger partial charge in [-0.25, -0.2) is 0 Å². The van der Waals surface area contributed by atoms with Crippen LogP contribution in [0.4, 0.5) is 0 Å². The number of benzene rings is 1. The van der Waals surface area contributed by atoms with Crippen molar-refractivity contribution in [3.8, 4) is 5.75 Å². The number of hydrogen-bond donors (Lipinski definition) is 1. The molecule has 3 aliphatic rings. The smallest absolute Gasteiger partial charge is 0.211 e. The number of Topliss-reactive ketones (excluding diaryl/α,β-unsaturated/α-hetero) is 2. The number of aromatic hydroxyl groups is 1. The molecule has 0 unspecified atom stereocenters. The Bertz CT molecular complexity index is 764. The first-order valence-electron chi connectivity index (χ1n) is 8.88. The molecule has 1 aromatic carbocycles. The maximum absolute atomic E-state index is 12.9. The molecule has 2 fully saturated rings. The summed E-state index contributed by atoms with van der Waals surface area (Å²) in [6.07, 6.45) is 4.49. The normalized spacial score (nSPS) is 21.8. The number of hydrogen-bond acceptors (Lipinski definition) is 5. The van der Waals surface area contributed by atoms with Crippen molar-refractivity contribution in [1.29, 1.82) is 0 Å². The Hall–Kier alpha value is -1.56. The van der Waals surface area contributed by atoms with Gasteiger partial charge in [-0.1, -0.05) is 17.7 Å². The lowest BCUT2D eigenvalue weighted by Crippen LogP contribution is -2.45. The highest BCUT2D eigenvalue weighted by molar-refractivity contribution is 6.50. The van der Waals surface area contributed by atoms with Crippen molar-refractivity contribution in [3.05, 3.63) is 40.1 Å². The average Bonchev–Trinajstić information content (AvgIpc) is 3.15. The van der Waals surface area contributed by atoms with Crippen LogP contribution in [0.1, 0.15) is 46.4 Å². The van der Waals surface area contributed by atoms with Crippen LogP contribution in [-0.2, 0) is 0 Å². The number of rotatable bonds is 2. The fourth-order valence-corrected chi connectivity index (χ4v) is 4.56. The molecule has 2 aliphatic heterocycles. The second-order valence-corrected chi connectivity index (χ2v) is 7.36. The van der Waals surface area contributed by atoms with Crippen LogP contribution in [0.3, 0.4) is 0 Å². The van der Waals surface area contributed by atoms with Crippen molar-refractivity contribution < 1.29 is 14.7 Å². The molecule has 5 nitrogen and oxygen atoms in total. The Morgan fingerprint density at radius 1 is 1.00 bits per heavy atom. The van der Waals surface area contributed by atoms with Crippen molar-refractivity contribution >= 4 is 35.6 Å². The quantitative estimate of drug-likeness (QED) is 0.831. The Balaban J connectivity index is 0.00000196. The number of phenolic OH excluding ortho intramolecular Hbond substituents is 1. The summed E-state index contributed by atoms with van der Waals surface area (Å²) in [6.45, 7) is 3.77. The molecule has 0 spiro atoms. The van der Waals surface area contributed by atoms with Crippen molar-refractivity contribution in [2.24, 2.45) is 0 Å². The van der Waals surface area contributed by atoms with E-state index in [0.717, 1.165) is 39.0 Å². The predicted molar refractivity (Wildman–Crippen MR) is 102 cm³/mol. The summed E-state index contributed by atoms with van der Waals surface area (Å²) in [4.78, 5) is 30.0. The summed E-state index contributed by atoms with van der Waals surface area (Å²) < 4.78 is 0. The zero-order valence-electron chi connectivity index (χ0n) is 14.4. The molecule has 2 saturated heterocycles. The number of fused-ring (bicyclic) bond motifs is 1. The third kappa shape index (κ3) is 3.13. The number of halogens is 2. The van der Waals surface area contributed by atoms with Crippen LogP contribution >= 0.6 is 24.0 Å². The highest BCUT2D eigenvalue weighted by Gasteiger charge is 2.37. The van der Waals surface area contributed by atoms with Gasteiger partial charge in [0.1, 0.15) is 16.5 Å². The predicted octanol–water partition coefficient (Wildman–Crippen LogP) is 3.20. The van der Waals surface area contributed by atoms with E-state index < -0.39 is 5.78 Å². The number of nitrogens with zero attached hydrogens (tertiary/aromatic N) is 2. The molecule has 2 heterocycles. The Kier molecular flexibility index (Phi) is 5.61. The van der Waals surface area contributed by atoms with E-state index in [1.807, 2.05) is 4.90 Å². The summed E-state index contributed by atoms with van der Waals surface area (Å²) in [7, 11) is 0. The van der Waals surface area contributed by atoms with Gasteiger partial charge in [0.15, 0.2) is 0 Å². The maximum atomic E-state index is 12.9. The number of piperidine rings is 1. The molecule has 140 valence electrons. The second kappa shape index (κ2) is 7.59. The van der Waals surface area contributed by atoms with Crippen LogP contribution in [0.2, 0.25) is 0 Å². The monoisotopic (exact) mass is 396 g/mol. The van der Waals surface area contributed by atoms with Gasteiger partial charge >= 0.3 is 0 Å². The van der Waals surface area contributed by atoms with Gasteiger partial charge in [-0.15, -0.1) is 12.4 Å². The third-order valence-corrected chi connectivity index (χ3v) is 5.92. The first kappa shape index (κ1) is 19.2. The summed E-state index contributed by atoms with van der Waals surface area (Å²) in [5.74, 6) is -0.929. The molecule has 1 aromatic rings. The number of allylic oxidation sites excluding steroid dienone is 2. The summed E-state index contributed by atoms with van der Waals surface area (Å²) in [5, 5.41) is 9.87. The van der Waals surface area contributed by atoms with Crippen LogP contribution in [0.25, 0.3) is 0 Å². The van der Waals surface area contributed by atoms with Gasteiger partial charge in [0.05, 0.1) is 5.56 Å². The first-order chi connectivity index (χ1) is 12.1. The van der Waals surface area contributed by atoms with Crippen LogP contribution < -0.4 is 0 Å². The molecule has 0 saturated carbocycles. The zero-order chi connectivity index (χ0) is 17.6. The van der Waals surface area contributed by atoms with Crippen LogP contribution in [-0.4, -0.2) is 58.7 Å². The SMILES string of the molecule is Cl.O=C1C(N2CCC(N3CCCC3)CC2)=C(Cl)C(=O)c2c(O)cccc21. The van der Waals surface area contributed by atoms with Gasteiger partial charge in [0.25, 0.3) is 0 Å². The lowest BCUT2D eigenvalue weighted by Gasteiger charge is -2.39. The topological polar surface area (TPSA) is 60.9 Å². The largest absolute Gasteiger partial charge is 0.507 e. The zero-order valence-corrected chi connectivity index (χ0v) is 16.0. The number of phenols is 1. The van der Waals surface area contributed by atoms with Crippen molar-refractivity contribution in [3.63, 3.8) is 0 Å². The Morgan fingerprint density at radius 3 is 2.31 bits per heavy atom. The molecule has 7 heteroatoms. The molecular weight excluding hydrogens is 375 g/mol. The highest BCUT2D eigenvalue weighted by atomic mass is 35.5. The lowest BCUT2D eigenvalue weighted by atomic mass is 9.90. The number of likely N-dealkylation sites (tertiary alicyclic amines) is 2. The number of carbonyl (C=O) groups is 2. The third-order valence-electron chi connectivity index (χ3n) is 5.57. The van der Waals surface area contributed by atoms with E-state index in [0.29, 0.717) is 11.7 Å². The minimum Gasteiger partial charge on any atom is -0.507 e. The molecule has 0 aromatic heterocycles. The van der Waals surface area contributed by atoms with Gasteiger partial charge in [0, 0.05) is 24.7 Å². The minimum absolute atomic E-state index is 0. The van der Waals surface area contributed by atoms with Crippen LogP contribution in [0.15, 0.2) is 28.9 Å². The summed E-state index contributed by atoms with van der Waals surface area (Å²) in [6, 6.07) is 5.12. The standard InChI is InChI=1S/C19H21ClN2O3.ClH/c20-16-17(18(24)13-4-3-5-14(23)15(13)19(16)25)22-10-6-12(7-11-22)21-8-1-2-9-21;/h3-5,12,23H,1-2,6-11H2;1H. The van der Waals surface area contributed by atoms with E-state index in [9.17, 15) is 14.7 Å². The highest BCUT2D eigenvalue weighted by Crippen LogP contribution is 2.36. The summed E-state index contributed by atoms with van der Waals surface area (Å²) >= 11 is 6.27. The molecule has 1 N–H and O–H groups in total. The molecule has 26 heavy (non-hydrogen) atoms. The maximum Gasteiger partial charge on any atom is 0.211 e. The molecule has 4 rings (SSSR count). The fourth-order valence-electron chi connectivity index (χ4n) is 4.26. The Labute approximate surface area is 164 Å². The molecule has 0 amide bonds. The van der Waals surface area contributed by atoms with E-state index in [1.54, 1.807) is 12.1 Å². The molecule has 0 bridgehead atoms. The van der Waals surface area contributed by atoms with Crippen molar-refractivity contribution in [2.75, 3.05) is 26.2 Å². The first-order valence-corrected chi connectivity index (χ1v) is 9.26. The van der Waals surface area contributed by atoms with Gasteiger partial charge < -0.3 is 14.9 Å². The van der Waals surface area contributed by atoms with Crippen LogP contribution in [0.5, 0.6) is 5.75 Å². The van der Waals surface area contributed by atoms with Gasteiger partial charge in [-0.05, 0) is 50.9 Å². The summed E-state index contributed by atoms with van der Waals surface area (Å²) in [5.41, 5.74) is 0.559. The van der Waals surface area contributed by atoms with E-state index >= 15 is 0 Å². The van der Waals surface area contributed by atoms with E-state index in [-0.39, 0.29) is 40.1 Å². The van der Waals surface area contributed by atoms with E-state index in [1.165, 1.54) is 18.9 Å². The van der Waals surface area contributed by atoms with Gasteiger partial charge in [-0.3, -0.25) is 9.59 Å². The van der Waals surface area contributed by atoms with E-state index in [4.69, 9.17) is 11.6 Å². The fraction of sp³-hybridized carbons (Fsp3) is 0.474. The van der Waals surface area contributed by atoms with Gasteiger partial charge in [-0.2, -0.15) is 0 Å². The molecule has 0 radical (unpaired) electrons. The minimum atomic E-state index is -0.467. The molecular formula is C19H22Cl2N2O3. The van der Waals surface area contributed by atoms with Gasteiger partial charge in [0.2, 0.25) is 11.6 Å². The van der Waals surface area contributed by atoms with Crippen LogP contribution in [0, 0.1) is 0 Å². The number of ketones is 2. The van der Waals surface area contributed by atoms with Crippen molar-refractivity contribution in [1.82, 2.24) is 9.80 Å². The average molecular weight is 397 g/mol. The molecule has 0 atom stereocenters. The van der Waals surface area contributed by atoms with Crippen molar-refractivity contribution in [2.45, 2.75) is 31.7 Å². The number of carbonyl (C=O) groups excluding carboxylic acids is 2. The molecule has 1 aliphatic carbocycles. The lowest BCUT2D eigenvalue weighted by molar-refractivity contribution is 0.0910. The van der Waals surface area contributed by atoms with E-state index in [2.05, 4.69) is 4.90 Å². The Morgan fingerprint density at radius 2 is 1.65 bits per heavy atom. The second-order valence-electron chi connectivity index (χ2n) is 6.98.